The lowest BCUT2D eigenvalue weighted by molar-refractivity contribution is -0.144. The topological polar surface area (TPSA) is 337 Å². The predicted octanol–water partition coefficient (Wildman–Crippen LogP) is -5.18. The van der Waals surface area contributed by atoms with Crippen LogP contribution in [-0.2, 0) is 24.0 Å². The first-order valence-electron chi connectivity index (χ1n) is 11.6. The van der Waals surface area contributed by atoms with Crippen molar-refractivity contribution in [1.29, 1.82) is 0 Å². The van der Waals surface area contributed by atoms with Crippen molar-refractivity contribution >= 4 is 41.6 Å². The Labute approximate surface area is 218 Å². The molecule has 38 heavy (non-hydrogen) atoms. The summed E-state index contributed by atoms with van der Waals surface area (Å²) in [5, 5.41) is 34.0. The van der Waals surface area contributed by atoms with Gasteiger partial charge in [0.1, 0.15) is 18.1 Å². The van der Waals surface area contributed by atoms with Gasteiger partial charge in [-0.15, -0.1) is 0 Å². The highest BCUT2D eigenvalue weighted by Crippen LogP contribution is 2.05. The second-order valence-corrected chi connectivity index (χ2v) is 8.14. The highest BCUT2D eigenvalue weighted by molar-refractivity contribution is 5.94. The van der Waals surface area contributed by atoms with Crippen LogP contribution in [0.5, 0.6) is 0 Å². The highest BCUT2D eigenvalue weighted by Gasteiger charge is 2.30. The standard InChI is InChI=1S/C20H38N10O8/c21-10(3-1-7-26-19(22)23)15(34)28-11(4-2-8-27-20(24)25)16(35)29-12(5-6-14(32)33)17(36)30-13(9-31)18(37)38/h10-13,31H,1-9,21H2,(H,28,34)(H,29,35)(H,30,36)(H,32,33)(H,37,38)(H4,22,23,26)(H4,24,25,27). The number of aliphatic hydroxyl groups is 1. The van der Waals surface area contributed by atoms with E-state index in [1.165, 1.54) is 0 Å². The molecule has 4 atom stereocenters. The number of nitrogens with two attached hydrogens (primary N) is 5. The third-order valence-electron chi connectivity index (χ3n) is 4.96. The summed E-state index contributed by atoms with van der Waals surface area (Å²) in [5.74, 6) is -5.70. The van der Waals surface area contributed by atoms with E-state index in [1.807, 2.05) is 5.32 Å². The Hall–Kier alpha value is -4.19. The van der Waals surface area contributed by atoms with Crippen molar-refractivity contribution in [2.24, 2.45) is 38.7 Å². The maximum absolute atomic E-state index is 13.0. The van der Waals surface area contributed by atoms with Gasteiger partial charge in [-0.2, -0.15) is 0 Å². The number of aliphatic imine (C=N–C) groups is 2. The first kappa shape index (κ1) is 33.8. The third-order valence-corrected chi connectivity index (χ3v) is 4.96. The summed E-state index contributed by atoms with van der Waals surface area (Å²) in [6.07, 6.45) is -0.140. The lowest BCUT2D eigenvalue weighted by Gasteiger charge is -2.24. The molecular weight excluding hydrogens is 508 g/mol. The summed E-state index contributed by atoms with van der Waals surface area (Å²) in [6, 6.07) is -5.42. The van der Waals surface area contributed by atoms with E-state index in [0.29, 0.717) is 6.42 Å². The van der Waals surface area contributed by atoms with Crippen LogP contribution >= 0.6 is 0 Å². The Bertz CT molecular complexity index is 874. The normalized spacial score (nSPS) is 13.6. The van der Waals surface area contributed by atoms with E-state index in [4.69, 9.17) is 44.0 Å². The number of carboxylic acid groups (broad SMARTS) is 2. The van der Waals surface area contributed by atoms with E-state index < -0.39 is 73.3 Å². The number of aliphatic carboxylic acids is 2. The van der Waals surface area contributed by atoms with Crippen molar-refractivity contribution in [1.82, 2.24) is 16.0 Å². The van der Waals surface area contributed by atoms with E-state index in [9.17, 15) is 24.0 Å². The number of amides is 3. The Morgan fingerprint density at radius 3 is 1.58 bits per heavy atom. The average molecular weight is 547 g/mol. The summed E-state index contributed by atoms with van der Waals surface area (Å²) in [7, 11) is 0. The number of carbonyl (C=O) groups is 5. The van der Waals surface area contributed by atoms with Gasteiger partial charge in [-0.3, -0.25) is 29.2 Å². The molecule has 0 bridgehead atoms. The molecule has 0 aliphatic carbocycles. The van der Waals surface area contributed by atoms with E-state index in [2.05, 4.69) is 20.6 Å². The summed E-state index contributed by atoms with van der Waals surface area (Å²) in [4.78, 5) is 67.9. The summed E-state index contributed by atoms with van der Waals surface area (Å²) in [5.41, 5.74) is 26.9. The maximum atomic E-state index is 13.0. The molecule has 0 aliphatic heterocycles. The number of nitrogens with one attached hydrogen (secondary N) is 3. The lowest BCUT2D eigenvalue weighted by atomic mass is 10.1. The van der Waals surface area contributed by atoms with Crippen LogP contribution < -0.4 is 44.6 Å². The van der Waals surface area contributed by atoms with Crippen LogP contribution in [0, 0.1) is 0 Å². The van der Waals surface area contributed by atoms with Crippen molar-refractivity contribution in [3.8, 4) is 0 Å². The van der Waals surface area contributed by atoms with Gasteiger partial charge >= 0.3 is 11.9 Å². The minimum Gasteiger partial charge on any atom is -0.481 e. The van der Waals surface area contributed by atoms with Crippen LogP contribution in [0.3, 0.4) is 0 Å². The van der Waals surface area contributed by atoms with Gasteiger partial charge in [0, 0.05) is 19.5 Å². The zero-order valence-electron chi connectivity index (χ0n) is 20.8. The van der Waals surface area contributed by atoms with Crippen molar-refractivity contribution in [3.05, 3.63) is 0 Å². The number of carbonyl (C=O) groups excluding carboxylic acids is 3. The van der Waals surface area contributed by atoms with Gasteiger partial charge in [0.25, 0.3) is 0 Å². The van der Waals surface area contributed by atoms with Gasteiger partial charge in [0.2, 0.25) is 17.7 Å². The first-order chi connectivity index (χ1) is 17.8. The van der Waals surface area contributed by atoms with Gasteiger partial charge in [-0.05, 0) is 32.1 Å². The largest absolute Gasteiger partial charge is 0.481 e. The number of hydrogen-bond acceptors (Lipinski definition) is 9. The minimum absolute atomic E-state index is 0.0106. The molecule has 18 heteroatoms. The average Bonchev–Trinajstić information content (AvgIpc) is 2.83. The van der Waals surface area contributed by atoms with Gasteiger partial charge in [-0.25, -0.2) is 4.79 Å². The van der Waals surface area contributed by atoms with Crippen LogP contribution in [0.25, 0.3) is 0 Å². The number of nitrogens with zero attached hydrogens (tertiary/aromatic N) is 2. The molecule has 0 saturated carbocycles. The smallest absolute Gasteiger partial charge is 0.328 e. The molecule has 18 nitrogen and oxygen atoms in total. The Balaban J connectivity index is 5.55. The Morgan fingerprint density at radius 1 is 0.684 bits per heavy atom. The molecule has 0 aromatic carbocycles. The maximum Gasteiger partial charge on any atom is 0.328 e. The van der Waals surface area contributed by atoms with Crippen molar-refractivity contribution in [2.75, 3.05) is 19.7 Å². The molecule has 0 radical (unpaired) electrons. The Morgan fingerprint density at radius 2 is 1.13 bits per heavy atom. The van der Waals surface area contributed by atoms with Crippen molar-refractivity contribution in [2.45, 2.75) is 62.7 Å². The van der Waals surface area contributed by atoms with E-state index in [0.717, 1.165) is 0 Å². The first-order valence-corrected chi connectivity index (χ1v) is 11.6. The van der Waals surface area contributed by atoms with Gasteiger partial charge < -0.3 is 59.9 Å². The number of guanidine groups is 2. The SMILES string of the molecule is NC(N)=NCCCC(N)C(=O)NC(CCCN=C(N)N)C(=O)NC(CCC(=O)O)C(=O)NC(CO)C(=O)O. The van der Waals surface area contributed by atoms with Gasteiger partial charge in [0.05, 0.1) is 12.6 Å². The number of hydrogen-bond donors (Lipinski definition) is 11. The second kappa shape index (κ2) is 18.1. The Kier molecular flexibility index (Phi) is 16.1. The molecule has 0 rings (SSSR count). The molecular formula is C20H38N10O8. The number of aliphatic hydroxyl groups excluding tert-OH is 1. The molecule has 3 amide bonds. The third kappa shape index (κ3) is 15.0. The summed E-state index contributed by atoms with van der Waals surface area (Å²) >= 11 is 0. The van der Waals surface area contributed by atoms with Crippen LogP contribution in [-0.4, -0.2) is 101 Å². The van der Waals surface area contributed by atoms with E-state index in [1.54, 1.807) is 0 Å². The van der Waals surface area contributed by atoms with Crippen LogP contribution in [0.1, 0.15) is 38.5 Å². The quantitative estimate of drug-likeness (QED) is 0.0410. The fourth-order valence-electron chi connectivity index (χ4n) is 2.97. The van der Waals surface area contributed by atoms with Crippen LogP contribution in [0.2, 0.25) is 0 Å². The lowest BCUT2D eigenvalue weighted by Crippen LogP contribution is -2.57. The molecule has 216 valence electrons. The zero-order chi connectivity index (χ0) is 29.3. The molecule has 0 aliphatic rings. The minimum atomic E-state index is -1.68. The van der Waals surface area contributed by atoms with Gasteiger partial charge in [0.15, 0.2) is 11.9 Å². The van der Waals surface area contributed by atoms with Gasteiger partial charge in [-0.1, -0.05) is 0 Å². The van der Waals surface area contributed by atoms with E-state index in [-0.39, 0.29) is 44.3 Å². The van der Waals surface area contributed by atoms with Crippen LogP contribution in [0.4, 0.5) is 0 Å². The molecule has 16 N–H and O–H groups in total. The molecule has 0 fully saturated rings. The molecule has 4 unspecified atom stereocenters. The molecule has 0 spiro atoms. The summed E-state index contributed by atoms with van der Waals surface area (Å²) < 4.78 is 0. The van der Waals surface area contributed by atoms with Crippen molar-refractivity contribution in [3.63, 3.8) is 0 Å². The predicted molar refractivity (Wildman–Crippen MR) is 135 cm³/mol. The fourth-order valence-corrected chi connectivity index (χ4v) is 2.97. The van der Waals surface area contributed by atoms with E-state index >= 15 is 0 Å². The van der Waals surface area contributed by atoms with Crippen LogP contribution in [0.15, 0.2) is 9.98 Å². The molecule has 0 aromatic heterocycles. The fraction of sp³-hybridized carbons (Fsp3) is 0.650. The number of carboxylic acids is 2. The zero-order valence-corrected chi connectivity index (χ0v) is 20.8. The second-order valence-electron chi connectivity index (χ2n) is 8.14. The molecule has 0 aromatic rings. The molecule has 0 saturated heterocycles. The molecule has 0 heterocycles. The van der Waals surface area contributed by atoms with Crippen molar-refractivity contribution < 1.29 is 39.3 Å². The summed E-state index contributed by atoms with van der Waals surface area (Å²) in [6.45, 7) is -0.589. The monoisotopic (exact) mass is 546 g/mol. The highest BCUT2D eigenvalue weighted by atomic mass is 16.4. The number of rotatable bonds is 19.